The van der Waals surface area contributed by atoms with Crippen LogP contribution in [-0.2, 0) is 17.8 Å². The van der Waals surface area contributed by atoms with Crippen LogP contribution >= 0.6 is 11.6 Å². The van der Waals surface area contributed by atoms with Crippen molar-refractivity contribution in [2.45, 2.75) is 13.0 Å². The highest BCUT2D eigenvalue weighted by atomic mass is 35.5. The van der Waals surface area contributed by atoms with Crippen LogP contribution in [0.25, 0.3) is 0 Å². The summed E-state index contributed by atoms with van der Waals surface area (Å²) in [6, 6.07) is 14.0. The number of amides is 1. The van der Waals surface area contributed by atoms with Gasteiger partial charge in [0.1, 0.15) is 6.61 Å². The Kier molecular flexibility index (Phi) is 6.00. The number of nitrogens with one attached hydrogen (secondary N) is 1. The van der Waals surface area contributed by atoms with E-state index < -0.39 is 12.1 Å². The molecule has 23 heavy (non-hydrogen) atoms. The Balaban J connectivity index is 1.78. The minimum absolute atomic E-state index is 0.124. The first kappa shape index (κ1) is 16.8. The van der Waals surface area contributed by atoms with Gasteiger partial charge in [0.25, 0.3) is 0 Å². The largest absolute Gasteiger partial charge is 0.478 e. The van der Waals surface area contributed by atoms with Crippen molar-refractivity contribution in [3.05, 3.63) is 70.2 Å². The minimum atomic E-state index is -1.04. The van der Waals surface area contributed by atoms with Gasteiger partial charge in [0.2, 0.25) is 0 Å². The molecule has 2 N–H and O–H groups in total. The fourth-order valence-corrected chi connectivity index (χ4v) is 2.26. The van der Waals surface area contributed by atoms with E-state index in [0.717, 1.165) is 11.1 Å². The molecule has 2 rings (SSSR count). The first-order valence-corrected chi connectivity index (χ1v) is 7.39. The number of carbonyl (C=O) groups excluding carboxylic acids is 1. The van der Waals surface area contributed by atoms with Crippen molar-refractivity contribution in [3.8, 4) is 0 Å². The number of rotatable bonds is 6. The molecule has 5 nitrogen and oxygen atoms in total. The molecule has 0 heterocycles. The van der Waals surface area contributed by atoms with E-state index in [1.165, 1.54) is 12.1 Å². The van der Waals surface area contributed by atoms with E-state index in [9.17, 15) is 9.59 Å². The Morgan fingerprint density at radius 1 is 1.09 bits per heavy atom. The SMILES string of the molecule is O=C(NCCc1cc(Cl)cc(C(=O)O)c1)OCc1ccccc1. The monoisotopic (exact) mass is 333 g/mol. The van der Waals surface area contributed by atoms with E-state index in [1.807, 2.05) is 30.3 Å². The summed E-state index contributed by atoms with van der Waals surface area (Å²) in [6.45, 7) is 0.528. The molecule has 0 fully saturated rings. The quantitative estimate of drug-likeness (QED) is 0.848. The predicted molar refractivity (Wildman–Crippen MR) is 86.7 cm³/mol. The highest BCUT2D eigenvalue weighted by Crippen LogP contribution is 2.15. The first-order valence-electron chi connectivity index (χ1n) is 7.02. The number of aromatic carboxylic acids is 1. The zero-order valence-corrected chi connectivity index (χ0v) is 13.0. The topological polar surface area (TPSA) is 75.6 Å². The fraction of sp³-hybridized carbons (Fsp3) is 0.176. The Labute approximate surface area is 138 Å². The number of carboxylic acids is 1. The highest BCUT2D eigenvalue weighted by Gasteiger charge is 2.07. The lowest BCUT2D eigenvalue weighted by Gasteiger charge is -2.08. The van der Waals surface area contributed by atoms with Gasteiger partial charge in [-0.3, -0.25) is 0 Å². The van der Waals surface area contributed by atoms with Gasteiger partial charge in [-0.1, -0.05) is 41.9 Å². The number of ether oxygens (including phenoxy) is 1. The summed E-state index contributed by atoms with van der Waals surface area (Å²) < 4.78 is 5.08. The number of hydrogen-bond donors (Lipinski definition) is 2. The Hall–Kier alpha value is -2.53. The van der Waals surface area contributed by atoms with Crippen molar-refractivity contribution in [2.24, 2.45) is 0 Å². The van der Waals surface area contributed by atoms with Crippen molar-refractivity contribution in [1.82, 2.24) is 5.32 Å². The fourth-order valence-electron chi connectivity index (χ4n) is 2.00. The molecule has 0 aliphatic heterocycles. The Morgan fingerprint density at radius 2 is 1.83 bits per heavy atom. The summed E-state index contributed by atoms with van der Waals surface area (Å²) in [4.78, 5) is 22.6. The maximum absolute atomic E-state index is 11.6. The molecule has 0 atom stereocenters. The molecule has 0 saturated carbocycles. The van der Waals surface area contributed by atoms with Crippen molar-refractivity contribution >= 4 is 23.7 Å². The molecule has 0 aliphatic carbocycles. The number of carboxylic acid groups (broad SMARTS) is 1. The molecule has 0 radical (unpaired) electrons. The third-order valence-corrected chi connectivity index (χ3v) is 3.32. The predicted octanol–water partition coefficient (Wildman–Crippen LogP) is 3.51. The van der Waals surface area contributed by atoms with Crippen LogP contribution in [0.2, 0.25) is 5.02 Å². The van der Waals surface area contributed by atoms with E-state index in [0.29, 0.717) is 18.0 Å². The van der Waals surface area contributed by atoms with E-state index in [2.05, 4.69) is 5.32 Å². The van der Waals surface area contributed by atoms with Gasteiger partial charge in [-0.15, -0.1) is 0 Å². The summed E-state index contributed by atoms with van der Waals surface area (Å²) >= 11 is 5.88. The van der Waals surface area contributed by atoms with Crippen LogP contribution in [-0.4, -0.2) is 23.7 Å². The van der Waals surface area contributed by atoms with Gasteiger partial charge in [0.15, 0.2) is 0 Å². The third-order valence-electron chi connectivity index (χ3n) is 3.10. The average molecular weight is 334 g/mol. The highest BCUT2D eigenvalue weighted by molar-refractivity contribution is 6.31. The van der Waals surface area contributed by atoms with Gasteiger partial charge in [-0.25, -0.2) is 9.59 Å². The van der Waals surface area contributed by atoms with Gasteiger partial charge in [-0.2, -0.15) is 0 Å². The molecule has 6 heteroatoms. The van der Waals surface area contributed by atoms with Gasteiger partial charge >= 0.3 is 12.1 Å². The van der Waals surface area contributed by atoms with Crippen LogP contribution in [0.3, 0.4) is 0 Å². The molecule has 0 bridgehead atoms. The third kappa shape index (κ3) is 5.64. The second kappa shape index (κ2) is 8.19. The van der Waals surface area contributed by atoms with Gasteiger partial charge in [0.05, 0.1) is 5.56 Å². The van der Waals surface area contributed by atoms with Crippen LogP contribution in [0.5, 0.6) is 0 Å². The second-order valence-electron chi connectivity index (χ2n) is 4.89. The van der Waals surface area contributed by atoms with E-state index in [1.54, 1.807) is 6.07 Å². The Morgan fingerprint density at radius 3 is 2.52 bits per heavy atom. The first-order chi connectivity index (χ1) is 11.0. The van der Waals surface area contributed by atoms with Crippen molar-refractivity contribution in [3.63, 3.8) is 0 Å². The van der Waals surface area contributed by atoms with Crippen LogP contribution in [0, 0.1) is 0 Å². The van der Waals surface area contributed by atoms with Crippen molar-refractivity contribution in [2.75, 3.05) is 6.54 Å². The molecule has 0 spiro atoms. The molecule has 2 aromatic carbocycles. The second-order valence-corrected chi connectivity index (χ2v) is 5.33. The maximum Gasteiger partial charge on any atom is 0.407 e. The molecule has 0 aliphatic rings. The standard InChI is InChI=1S/C17H16ClNO4/c18-15-9-13(8-14(10-15)16(20)21)6-7-19-17(22)23-11-12-4-2-1-3-5-12/h1-5,8-10H,6-7,11H2,(H,19,22)(H,20,21). The maximum atomic E-state index is 11.6. The average Bonchev–Trinajstić information content (AvgIpc) is 2.53. The molecule has 0 unspecified atom stereocenters. The van der Waals surface area contributed by atoms with Crippen LogP contribution < -0.4 is 5.32 Å². The molecular weight excluding hydrogens is 318 g/mol. The number of alkyl carbamates (subject to hydrolysis) is 1. The number of halogens is 1. The lowest BCUT2D eigenvalue weighted by Crippen LogP contribution is -2.26. The lowest BCUT2D eigenvalue weighted by atomic mass is 10.1. The van der Waals surface area contributed by atoms with Crippen LogP contribution in [0.1, 0.15) is 21.5 Å². The molecule has 120 valence electrons. The van der Waals surface area contributed by atoms with Gasteiger partial charge in [-0.05, 0) is 35.7 Å². The normalized spacial score (nSPS) is 10.1. The van der Waals surface area contributed by atoms with E-state index in [4.69, 9.17) is 21.4 Å². The zero-order valence-electron chi connectivity index (χ0n) is 12.3. The van der Waals surface area contributed by atoms with Crippen LogP contribution in [0.4, 0.5) is 4.79 Å². The number of benzene rings is 2. The van der Waals surface area contributed by atoms with Gasteiger partial charge in [0, 0.05) is 11.6 Å². The van der Waals surface area contributed by atoms with E-state index >= 15 is 0 Å². The number of hydrogen-bond acceptors (Lipinski definition) is 3. The summed E-state index contributed by atoms with van der Waals surface area (Å²) in [5.41, 5.74) is 1.76. The van der Waals surface area contributed by atoms with Crippen molar-refractivity contribution < 1.29 is 19.4 Å². The summed E-state index contributed by atoms with van der Waals surface area (Å²) in [5, 5.41) is 11.9. The van der Waals surface area contributed by atoms with Crippen LogP contribution in [0.15, 0.2) is 48.5 Å². The van der Waals surface area contributed by atoms with Gasteiger partial charge < -0.3 is 15.2 Å². The summed E-state index contributed by atoms with van der Waals surface area (Å²) in [7, 11) is 0. The Bertz CT molecular complexity index is 688. The minimum Gasteiger partial charge on any atom is -0.478 e. The van der Waals surface area contributed by atoms with Crippen molar-refractivity contribution in [1.29, 1.82) is 0 Å². The molecule has 0 saturated heterocycles. The van der Waals surface area contributed by atoms with E-state index in [-0.39, 0.29) is 12.2 Å². The molecule has 1 amide bonds. The summed E-state index contributed by atoms with van der Waals surface area (Å²) in [6.07, 6.45) is -0.0595. The molecule has 2 aromatic rings. The molecular formula is C17H16ClNO4. The molecule has 0 aromatic heterocycles. The smallest absolute Gasteiger partial charge is 0.407 e. The number of carbonyl (C=O) groups is 2. The lowest BCUT2D eigenvalue weighted by molar-refractivity contribution is 0.0696. The summed E-state index contributed by atoms with van der Waals surface area (Å²) in [5.74, 6) is -1.04. The zero-order chi connectivity index (χ0) is 16.7.